The third-order valence-electron chi connectivity index (χ3n) is 3.70. The molecule has 0 aliphatic carbocycles. The number of aliphatic hydroxyl groups is 1. The smallest absolute Gasteiger partial charge is 0.113 e. The van der Waals surface area contributed by atoms with Gasteiger partial charge in [-0.15, -0.1) is 0 Å². The molecule has 0 saturated carbocycles. The zero-order chi connectivity index (χ0) is 11.0. The third-order valence-corrected chi connectivity index (χ3v) is 4.75. The molecule has 5 heteroatoms. The summed E-state index contributed by atoms with van der Waals surface area (Å²) in [5, 5.41) is 13.3. The molecule has 0 aromatic rings. The number of hydrogen-bond acceptors (Lipinski definition) is 5. The fourth-order valence-electron chi connectivity index (χ4n) is 2.79. The van der Waals surface area contributed by atoms with E-state index in [-0.39, 0.29) is 18.2 Å². The average molecular weight is 245 g/mol. The standard InChI is InChI=1S/C11H19NO3S/c13-9-6-15-10-8(5-14-11(9)10)12-7-1-3-16-4-2-7/h7-13H,1-6H2/t8-,9-,10-,11-/m1/s1. The zero-order valence-corrected chi connectivity index (χ0v) is 10.1. The minimum atomic E-state index is -0.432. The molecule has 3 aliphatic rings. The lowest BCUT2D eigenvalue weighted by atomic mass is 10.1. The Hall–Kier alpha value is 0.190. The highest BCUT2D eigenvalue weighted by molar-refractivity contribution is 7.99. The lowest BCUT2D eigenvalue weighted by Crippen LogP contribution is -2.47. The zero-order valence-electron chi connectivity index (χ0n) is 9.30. The van der Waals surface area contributed by atoms with Gasteiger partial charge < -0.3 is 19.9 Å². The van der Waals surface area contributed by atoms with E-state index in [2.05, 4.69) is 5.32 Å². The molecule has 3 rings (SSSR count). The summed E-state index contributed by atoms with van der Waals surface area (Å²) in [6, 6.07) is 0.880. The van der Waals surface area contributed by atoms with Gasteiger partial charge in [0.1, 0.15) is 18.3 Å². The van der Waals surface area contributed by atoms with E-state index in [9.17, 15) is 5.11 Å². The Bertz CT molecular complexity index is 247. The van der Waals surface area contributed by atoms with Gasteiger partial charge in [-0.1, -0.05) is 0 Å². The molecule has 16 heavy (non-hydrogen) atoms. The van der Waals surface area contributed by atoms with Gasteiger partial charge in [-0.3, -0.25) is 0 Å². The predicted molar refractivity (Wildman–Crippen MR) is 62.8 cm³/mol. The molecule has 3 fully saturated rings. The van der Waals surface area contributed by atoms with Crippen molar-refractivity contribution < 1.29 is 14.6 Å². The van der Waals surface area contributed by atoms with Gasteiger partial charge in [0.25, 0.3) is 0 Å². The first kappa shape index (κ1) is 11.3. The Balaban J connectivity index is 1.55. The van der Waals surface area contributed by atoms with Crippen LogP contribution < -0.4 is 5.32 Å². The van der Waals surface area contributed by atoms with Crippen molar-refractivity contribution in [2.45, 2.75) is 43.2 Å². The molecule has 0 spiro atoms. The number of ether oxygens (including phenoxy) is 2. The molecular weight excluding hydrogens is 226 g/mol. The molecule has 0 aromatic heterocycles. The summed E-state index contributed by atoms with van der Waals surface area (Å²) < 4.78 is 11.2. The second-order valence-electron chi connectivity index (χ2n) is 4.82. The summed E-state index contributed by atoms with van der Waals surface area (Å²) in [5.74, 6) is 2.51. The SMILES string of the molecule is O[C@@H]1CO[C@H]2[C@@H]1OC[C@H]2NC1CCSCC1. The lowest BCUT2D eigenvalue weighted by molar-refractivity contribution is 0.0176. The first-order valence-corrected chi connectivity index (χ1v) is 7.25. The fourth-order valence-corrected chi connectivity index (χ4v) is 3.90. The second-order valence-corrected chi connectivity index (χ2v) is 6.05. The van der Waals surface area contributed by atoms with E-state index in [0.717, 1.165) is 0 Å². The Morgan fingerprint density at radius 2 is 1.81 bits per heavy atom. The lowest BCUT2D eigenvalue weighted by Gasteiger charge is -2.27. The number of thioether (sulfide) groups is 1. The van der Waals surface area contributed by atoms with Crippen LogP contribution >= 0.6 is 11.8 Å². The van der Waals surface area contributed by atoms with Crippen molar-refractivity contribution in [2.75, 3.05) is 24.7 Å². The quantitative estimate of drug-likeness (QED) is 0.717. The minimum Gasteiger partial charge on any atom is -0.388 e. The predicted octanol–water partition coefficient (Wildman–Crippen LogP) is -0.00130. The molecular formula is C11H19NO3S. The van der Waals surface area contributed by atoms with E-state index in [1.165, 1.54) is 24.3 Å². The normalized spacial score (nSPS) is 44.8. The first-order chi connectivity index (χ1) is 7.84. The summed E-state index contributed by atoms with van der Waals surface area (Å²) in [6.07, 6.45) is 2.00. The molecule has 0 amide bonds. The number of rotatable bonds is 2. The third kappa shape index (κ3) is 2.11. The molecule has 0 bridgehead atoms. The number of aliphatic hydroxyl groups excluding tert-OH is 1. The van der Waals surface area contributed by atoms with Crippen LogP contribution in [0.3, 0.4) is 0 Å². The van der Waals surface area contributed by atoms with Crippen LogP contribution in [0.15, 0.2) is 0 Å². The van der Waals surface area contributed by atoms with Crippen molar-refractivity contribution >= 4 is 11.8 Å². The van der Waals surface area contributed by atoms with Crippen molar-refractivity contribution in [3.05, 3.63) is 0 Å². The molecule has 2 N–H and O–H groups in total. The van der Waals surface area contributed by atoms with Gasteiger partial charge in [0.2, 0.25) is 0 Å². The van der Waals surface area contributed by atoms with E-state index >= 15 is 0 Å². The van der Waals surface area contributed by atoms with E-state index in [4.69, 9.17) is 9.47 Å². The summed E-state index contributed by atoms with van der Waals surface area (Å²) in [5.41, 5.74) is 0. The monoisotopic (exact) mass is 245 g/mol. The molecule has 0 unspecified atom stereocenters. The van der Waals surface area contributed by atoms with E-state index < -0.39 is 6.10 Å². The summed E-state index contributed by atoms with van der Waals surface area (Å²) in [7, 11) is 0. The maximum atomic E-state index is 9.64. The largest absolute Gasteiger partial charge is 0.388 e. The van der Waals surface area contributed by atoms with E-state index in [1.54, 1.807) is 0 Å². The highest BCUT2D eigenvalue weighted by atomic mass is 32.2. The highest BCUT2D eigenvalue weighted by Gasteiger charge is 2.47. The second kappa shape index (κ2) is 4.82. The van der Waals surface area contributed by atoms with Crippen LogP contribution in [0.4, 0.5) is 0 Å². The molecule has 92 valence electrons. The first-order valence-electron chi connectivity index (χ1n) is 6.09. The van der Waals surface area contributed by atoms with Gasteiger partial charge in [-0.05, 0) is 24.3 Å². The maximum absolute atomic E-state index is 9.64. The number of nitrogens with one attached hydrogen (secondary N) is 1. The summed E-state index contributed by atoms with van der Waals surface area (Å²) in [4.78, 5) is 0. The Labute approximate surface area is 100 Å². The summed E-state index contributed by atoms with van der Waals surface area (Å²) in [6.45, 7) is 1.10. The van der Waals surface area contributed by atoms with Crippen molar-refractivity contribution in [1.29, 1.82) is 0 Å². The van der Waals surface area contributed by atoms with Crippen LogP contribution in [-0.2, 0) is 9.47 Å². The van der Waals surface area contributed by atoms with Gasteiger partial charge in [0.05, 0.1) is 19.3 Å². The van der Waals surface area contributed by atoms with Crippen molar-refractivity contribution in [2.24, 2.45) is 0 Å². The molecule has 0 aromatic carbocycles. The van der Waals surface area contributed by atoms with Gasteiger partial charge >= 0.3 is 0 Å². The fraction of sp³-hybridized carbons (Fsp3) is 1.00. The van der Waals surface area contributed by atoms with Crippen LogP contribution in [0.1, 0.15) is 12.8 Å². The molecule has 0 radical (unpaired) electrons. The molecule has 3 saturated heterocycles. The van der Waals surface area contributed by atoms with Crippen LogP contribution in [0.5, 0.6) is 0 Å². The molecule has 4 atom stereocenters. The van der Waals surface area contributed by atoms with Crippen LogP contribution in [0, 0.1) is 0 Å². The number of fused-ring (bicyclic) bond motifs is 1. The highest BCUT2D eigenvalue weighted by Crippen LogP contribution is 2.28. The van der Waals surface area contributed by atoms with Crippen molar-refractivity contribution in [1.82, 2.24) is 5.32 Å². The van der Waals surface area contributed by atoms with Crippen LogP contribution in [0.2, 0.25) is 0 Å². The Morgan fingerprint density at radius 3 is 2.62 bits per heavy atom. The van der Waals surface area contributed by atoms with Gasteiger partial charge in [0.15, 0.2) is 0 Å². The summed E-state index contributed by atoms with van der Waals surface area (Å²) >= 11 is 2.03. The minimum absolute atomic E-state index is 0.0598. The Morgan fingerprint density at radius 1 is 1.06 bits per heavy atom. The average Bonchev–Trinajstić information content (AvgIpc) is 2.86. The topological polar surface area (TPSA) is 50.7 Å². The molecule has 4 nitrogen and oxygen atoms in total. The maximum Gasteiger partial charge on any atom is 0.113 e. The van der Waals surface area contributed by atoms with Crippen LogP contribution in [0.25, 0.3) is 0 Å². The molecule has 3 heterocycles. The van der Waals surface area contributed by atoms with Gasteiger partial charge in [-0.2, -0.15) is 11.8 Å². The van der Waals surface area contributed by atoms with Crippen LogP contribution in [-0.4, -0.2) is 60.2 Å². The van der Waals surface area contributed by atoms with Gasteiger partial charge in [-0.25, -0.2) is 0 Å². The van der Waals surface area contributed by atoms with Crippen molar-refractivity contribution in [3.63, 3.8) is 0 Å². The van der Waals surface area contributed by atoms with E-state index in [1.807, 2.05) is 11.8 Å². The number of hydrogen-bond donors (Lipinski definition) is 2. The van der Waals surface area contributed by atoms with Crippen molar-refractivity contribution in [3.8, 4) is 0 Å². The Kier molecular flexibility index (Phi) is 3.40. The van der Waals surface area contributed by atoms with Gasteiger partial charge in [0, 0.05) is 6.04 Å². The molecule has 3 aliphatic heterocycles. The van der Waals surface area contributed by atoms with E-state index in [0.29, 0.717) is 19.3 Å².